The Bertz CT molecular complexity index is 1160. The summed E-state index contributed by atoms with van der Waals surface area (Å²) in [5.41, 5.74) is 4.15. The molecule has 0 heterocycles. The Balaban J connectivity index is 1.56. The summed E-state index contributed by atoms with van der Waals surface area (Å²) in [6.07, 6.45) is 4.60. The molecule has 0 bridgehead atoms. The zero-order chi connectivity index (χ0) is 26.0. The Kier molecular flexibility index (Phi) is 9.78. The lowest BCUT2D eigenvalue weighted by Gasteiger charge is -2.32. The van der Waals surface area contributed by atoms with Gasteiger partial charge in [-0.15, -0.1) is 11.8 Å². The highest BCUT2D eigenvalue weighted by Gasteiger charge is 2.32. The maximum atomic E-state index is 13.7. The molecule has 1 aliphatic rings. The first-order valence-electron chi connectivity index (χ1n) is 13.0. The van der Waals surface area contributed by atoms with E-state index in [4.69, 9.17) is 0 Å². The molecule has 0 aliphatic heterocycles. The number of amides is 2. The second-order valence-corrected chi connectivity index (χ2v) is 10.8. The van der Waals surface area contributed by atoms with Gasteiger partial charge in [-0.25, -0.2) is 4.39 Å². The van der Waals surface area contributed by atoms with E-state index in [0.717, 1.165) is 42.6 Å². The molecule has 0 aromatic heterocycles. The molecule has 1 aliphatic carbocycles. The van der Waals surface area contributed by atoms with Gasteiger partial charge in [-0.2, -0.15) is 0 Å². The van der Waals surface area contributed by atoms with Crippen LogP contribution in [-0.4, -0.2) is 34.6 Å². The highest BCUT2D eigenvalue weighted by molar-refractivity contribution is 7.99. The summed E-state index contributed by atoms with van der Waals surface area (Å²) in [6, 6.07) is 23.8. The van der Waals surface area contributed by atoms with Gasteiger partial charge in [0.1, 0.15) is 11.9 Å². The first kappa shape index (κ1) is 26.9. The lowest BCUT2D eigenvalue weighted by Crippen LogP contribution is -2.52. The number of aryl methyl sites for hydroxylation is 1. The maximum Gasteiger partial charge on any atom is 0.243 e. The van der Waals surface area contributed by atoms with E-state index in [0.29, 0.717) is 6.42 Å². The van der Waals surface area contributed by atoms with Crippen molar-refractivity contribution < 1.29 is 14.0 Å². The molecule has 0 spiro atoms. The molecule has 4 nitrogen and oxygen atoms in total. The van der Waals surface area contributed by atoms with Gasteiger partial charge in [-0.3, -0.25) is 9.59 Å². The van der Waals surface area contributed by atoms with Gasteiger partial charge in [-0.1, -0.05) is 85.1 Å². The van der Waals surface area contributed by atoms with Crippen molar-refractivity contribution in [1.82, 2.24) is 10.2 Å². The molecule has 1 saturated carbocycles. The summed E-state index contributed by atoms with van der Waals surface area (Å²) in [4.78, 5) is 29.0. The SMILES string of the molecule is Cc1cccc(CSCC(=O)N(Cc2ccc(F)cc2)C(Cc2ccccc2)C(=O)NC2CCCC2)c1. The molecule has 0 radical (unpaired) electrons. The number of rotatable bonds is 11. The molecule has 1 unspecified atom stereocenters. The number of hydrogen-bond acceptors (Lipinski definition) is 3. The lowest BCUT2D eigenvalue weighted by molar-refractivity contribution is -0.139. The molecule has 0 saturated heterocycles. The molecule has 1 atom stereocenters. The van der Waals surface area contributed by atoms with Crippen LogP contribution >= 0.6 is 11.8 Å². The van der Waals surface area contributed by atoms with E-state index in [1.807, 2.05) is 36.4 Å². The molecule has 194 valence electrons. The van der Waals surface area contributed by atoms with Gasteiger partial charge >= 0.3 is 0 Å². The van der Waals surface area contributed by atoms with E-state index in [-0.39, 0.29) is 36.0 Å². The summed E-state index contributed by atoms with van der Waals surface area (Å²) in [5.74, 6) is 0.446. The number of carbonyl (C=O) groups is 2. The predicted molar refractivity (Wildman–Crippen MR) is 149 cm³/mol. The van der Waals surface area contributed by atoms with Gasteiger partial charge in [-0.05, 0) is 48.6 Å². The minimum Gasteiger partial charge on any atom is -0.352 e. The van der Waals surface area contributed by atoms with Crippen LogP contribution in [0, 0.1) is 12.7 Å². The van der Waals surface area contributed by atoms with Gasteiger partial charge in [0.25, 0.3) is 0 Å². The van der Waals surface area contributed by atoms with Crippen molar-refractivity contribution in [2.45, 2.75) is 63.4 Å². The van der Waals surface area contributed by atoms with Crippen molar-refractivity contribution in [2.24, 2.45) is 0 Å². The third-order valence-electron chi connectivity index (χ3n) is 6.82. The molecule has 3 aromatic rings. The monoisotopic (exact) mass is 518 g/mol. The van der Waals surface area contributed by atoms with Crippen molar-refractivity contribution in [3.63, 3.8) is 0 Å². The number of hydrogen-bond donors (Lipinski definition) is 1. The van der Waals surface area contributed by atoms with Crippen molar-refractivity contribution in [3.05, 3.63) is 107 Å². The van der Waals surface area contributed by atoms with Gasteiger partial charge < -0.3 is 10.2 Å². The first-order valence-corrected chi connectivity index (χ1v) is 14.1. The summed E-state index contributed by atoms with van der Waals surface area (Å²) in [6.45, 7) is 2.31. The smallest absolute Gasteiger partial charge is 0.243 e. The molecule has 2 amide bonds. The molecular weight excluding hydrogens is 483 g/mol. The Labute approximate surface area is 223 Å². The van der Waals surface area contributed by atoms with E-state index < -0.39 is 6.04 Å². The topological polar surface area (TPSA) is 49.4 Å². The van der Waals surface area contributed by atoms with E-state index >= 15 is 0 Å². The van der Waals surface area contributed by atoms with Crippen LogP contribution in [0.25, 0.3) is 0 Å². The lowest BCUT2D eigenvalue weighted by atomic mass is 10.0. The van der Waals surface area contributed by atoms with Crippen LogP contribution < -0.4 is 5.32 Å². The van der Waals surface area contributed by atoms with Crippen LogP contribution in [0.4, 0.5) is 4.39 Å². The summed E-state index contributed by atoms with van der Waals surface area (Å²) in [7, 11) is 0. The van der Waals surface area contributed by atoms with E-state index in [2.05, 4.69) is 30.4 Å². The Morgan fingerprint density at radius 1 is 0.946 bits per heavy atom. The van der Waals surface area contributed by atoms with Gasteiger partial charge in [0.15, 0.2) is 0 Å². The van der Waals surface area contributed by atoms with Crippen LogP contribution in [0.2, 0.25) is 0 Å². The van der Waals surface area contributed by atoms with Crippen LogP contribution in [0.5, 0.6) is 0 Å². The van der Waals surface area contributed by atoms with Crippen molar-refractivity contribution in [3.8, 4) is 0 Å². The van der Waals surface area contributed by atoms with Gasteiger partial charge in [0.2, 0.25) is 11.8 Å². The molecule has 1 fully saturated rings. The molecule has 3 aromatic carbocycles. The van der Waals surface area contributed by atoms with E-state index in [1.165, 1.54) is 23.3 Å². The number of nitrogens with one attached hydrogen (secondary N) is 1. The fraction of sp³-hybridized carbons (Fsp3) is 0.355. The molecule has 1 N–H and O–H groups in total. The second-order valence-electron chi connectivity index (χ2n) is 9.83. The standard InChI is InChI=1S/C31H35FN2O2S/c1-23-8-7-11-26(18-23)21-37-22-30(35)34(20-25-14-16-27(32)17-15-25)29(19-24-9-3-2-4-10-24)31(36)33-28-12-5-6-13-28/h2-4,7-11,14-18,28-29H,5-6,12-13,19-22H2,1H3,(H,33,36). The number of nitrogens with zero attached hydrogens (tertiary/aromatic N) is 1. The average molecular weight is 519 g/mol. The molecular formula is C31H35FN2O2S. The Morgan fingerprint density at radius 3 is 2.35 bits per heavy atom. The van der Waals surface area contributed by atoms with E-state index in [9.17, 15) is 14.0 Å². The quantitative estimate of drug-likeness (QED) is 0.335. The van der Waals surface area contributed by atoms with Crippen molar-refractivity contribution in [2.75, 3.05) is 5.75 Å². The summed E-state index contributed by atoms with van der Waals surface area (Å²) < 4.78 is 13.6. The Morgan fingerprint density at radius 2 is 1.65 bits per heavy atom. The maximum absolute atomic E-state index is 13.7. The number of halogens is 1. The minimum atomic E-state index is -0.653. The highest BCUT2D eigenvalue weighted by Crippen LogP contribution is 2.21. The third kappa shape index (κ3) is 8.19. The molecule has 37 heavy (non-hydrogen) atoms. The van der Waals surface area contributed by atoms with Crippen LogP contribution in [0.3, 0.4) is 0 Å². The van der Waals surface area contributed by atoms with Crippen LogP contribution in [0.15, 0.2) is 78.9 Å². The fourth-order valence-electron chi connectivity index (χ4n) is 4.85. The zero-order valence-electron chi connectivity index (χ0n) is 21.4. The van der Waals surface area contributed by atoms with Crippen molar-refractivity contribution >= 4 is 23.6 Å². The number of carbonyl (C=O) groups excluding carboxylic acids is 2. The number of thioether (sulfide) groups is 1. The molecule has 4 rings (SSSR count). The first-order chi connectivity index (χ1) is 18.0. The normalized spacial score (nSPS) is 14.3. The fourth-order valence-corrected chi connectivity index (χ4v) is 5.71. The number of benzene rings is 3. The highest BCUT2D eigenvalue weighted by atomic mass is 32.2. The van der Waals surface area contributed by atoms with Crippen LogP contribution in [-0.2, 0) is 28.3 Å². The largest absolute Gasteiger partial charge is 0.352 e. The van der Waals surface area contributed by atoms with Gasteiger partial charge in [0, 0.05) is 24.8 Å². The predicted octanol–water partition coefficient (Wildman–Crippen LogP) is 6.07. The van der Waals surface area contributed by atoms with Crippen molar-refractivity contribution in [1.29, 1.82) is 0 Å². The second kappa shape index (κ2) is 13.4. The zero-order valence-corrected chi connectivity index (χ0v) is 22.2. The third-order valence-corrected chi connectivity index (χ3v) is 7.80. The minimum absolute atomic E-state index is 0.0931. The summed E-state index contributed by atoms with van der Waals surface area (Å²) in [5, 5.41) is 3.22. The molecule has 6 heteroatoms. The van der Waals surface area contributed by atoms with Gasteiger partial charge in [0.05, 0.1) is 5.75 Å². The van der Waals surface area contributed by atoms with E-state index in [1.54, 1.807) is 28.8 Å². The average Bonchev–Trinajstić information content (AvgIpc) is 3.41. The van der Waals surface area contributed by atoms with Crippen LogP contribution in [0.1, 0.15) is 47.9 Å². The Hall–Kier alpha value is -3.12. The summed E-state index contributed by atoms with van der Waals surface area (Å²) >= 11 is 1.55.